The number of hydrogen-bond acceptors (Lipinski definition) is 2. The SMILES string of the molecule is C=C(C)C(C)(O)/C(=C/NC)CC. The predicted octanol–water partition coefficient (Wildman–Crippen LogP) is 1.83. The van der Waals surface area contributed by atoms with Crippen LogP contribution < -0.4 is 5.32 Å². The number of aliphatic hydroxyl groups is 1. The van der Waals surface area contributed by atoms with Crippen LogP contribution in [-0.2, 0) is 0 Å². The molecule has 2 N–H and O–H groups in total. The molecule has 2 heteroatoms. The quantitative estimate of drug-likeness (QED) is 0.629. The second-order valence-electron chi connectivity index (χ2n) is 3.16. The van der Waals surface area contributed by atoms with Crippen LogP contribution in [0.3, 0.4) is 0 Å². The summed E-state index contributed by atoms with van der Waals surface area (Å²) in [6, 6.07) is 0. The predicted molar refractivity (Wildman–Crippen MR) is 52.9 cm³/mol. The van der Waals surface area contributed by atoms with E-state index in [1.807, 2.05) is 27.1 Å². The van der Waals surface area contributed by atoms with E-state index < -0.39 is 5.60 Å². The molecule has 0 aliphatic rings. The molecule has 0 aromatic heterocycles. The lowest BCUT2D eigenvalue weighted by Gasteiger charge is -2.26. The highest BCUT2D eigenvalue weighted by Crippen LogP contribution is 2.25. The Labute approximate surface area is 75.0 Å². The van der Waals surface area contributed by atoms with E-state index in [2.05, 4.69) is 11.9 Å². The summed E-state index contributed by atoms with van der Waals surface area (Å²) < 4.78 is 0. The second kappa shape index (κ2) is 4.31. The van der Waals surface area contributed by atoms with Gasteiger partial charge in [-0.05, 0) is 37.6 Å². The average molecular weight is 169 g/mol. The van der Waals surface area contributed by atoms with Crippen LogP contribution in [0.1, 0.15) is 27.2 Å². The van der Waals surface area contributed by atoms with Gasteiger partial charge in [0.05, 0.1) is 0 Å². The van der Waals surface area contributed by atoms with Gasteiger partial charge in [0.25, 0.3) is 0 Å². The molecule has 0 radical (unpaired) electrons. The van der Waals surface area contributed by atoms with Crippen molar-refractivity contribution >= 4 is 0 Å². The van der Waals surface area contributed by atoms with Crippen LogP contribution in [0.4, 0.5) is 0 Å². The molecular weight excluding hydrogens is 150 g/mol. The number of nitrogens with one attached hydrogen (secondary N) is 1. The molecule has 0 bridgehead atoms. The topological polar surface area (TPSA) is 32.3 Å². The molecule has 0 rings (SSSR count). The minimum Gasteiger partial charge on any atom is -0.394 e. The van der Waals surface area contributed by atoms with Gasteiger partial charge < -0.3 is 10.4 Å². The highest BCUT2D eigenvalue weighted by Gasteiger charge is 2.24. The van der Waals surface area contributed by atoms with E-state index in [9.17, 15) is 5.11 Å². The average Bonchev–Trinajstić information content (AvgIpc) is 1.99. The van der Waals surface area contributed by atoms with Gasteiger partial charge in [0.1, 0.15) is 5.60 Å². The molecule has 0 aromatic carbocycles. The molecule has 0 saturated carbocycles. The first-order valence-corrected chi connectivity index (χ1v) is 4.22. The molecule has 0 aliphatic carbocycles. The van der Waals surface area contributed by atoms with E-state index in [4.69, 9.17) is 0 Å². The van der Waals surface area contributed by atoms with Gasteiger partial charge in [0.2, 0.25) is 0 Å². The summed E-state index contributed by atoms with van der Waals surface area (Å²) >= 11 is 0. The highest BCUT2D eigenvalue weighted by atomic mass is 16.3. The van der Waals surface area contributed by atoms with Gasteiger partial charge in [-0.1, -0.05) is 13.5 Å². The molecule has 0 aromatic rings. The van der Waals surface area contributed by atoms with Crippen LogP contribution in [0.15, 0.2) is 23.9 Å². The Morgan fingerprint density at radius 2 is 2.17 bits per heavy atom. The third kappa shape index (κ3) is 2.38. The summed E-state index contributed by atoms with van der Waals surface area (Å²) in [5, 5.41) is 12.9. The lowest BCUT2D eigenvalue weighted by molar-refractivity contribution is 0.134. The zero-order chi connectivity index (χ0) is 9.78. The largest absolute Gasteiger partial charge is 0.394 e. The molecule has 1 unspecified atom stereocenters. The van der Waals surface area contributed by atoms with Gasteiger partial charge in [0.15, 0.2) is 0 Å². The molecule has 0 aliphatic heterocycles. The zero-order valence-corrected chi connectivity index (χ0v) is 8.44. The Hall–Kier alpha value is -0.760. The van der Waals surface area contributed by atoms with E-state index in [-0.39, 0.29) is 0 Å². The van der Waals surface area contributed by atoms with Gasteiger partial charge in [-0.3, -0.25) is 0 Å². The monoisotopic (exact) mass is 169 g/mol. The Balaban J connectivity index is 4.71. The number of rotatable bonds is 4. The van der Waals surface area contributed by atoms with Crippen molar-refractivity contribution < 1.29 is 5.11 Å². The molecular formula is C10H19NO. The van der Waals surface area contributed by atoms with Gasteiger partial charge in [-0.15, -0.1) is 0 Å². The maximum absolute atomic E-state index is 9.97. The first-order valence-electron chi connectivity index (χ1n) is 4.22. The third-order valence-corrected chi connectivity index (χ3v) is 2.16. The van der Waals surface area contributed by atoms with E-state index in [0.29, 0.717) is 0 Å². The molecule has 0 saturated heterocycles. The van der Waals surface area contributed by atoms with Crippen molar-refractivity contribution in [3.05, 3.63) is 23.9 Å². The van der Waals surface area contributed by atoms with Crippen molar-refractivity contribution in [3.8, 4) is 0 Å². The first kappa shape index (κ1) is 11.2. The first-order chi connectivity index (χ1) is 5.46. The van der Waals surface area contributed by atoms with Crippen molar-refractivity contribution in [1.82, 2.24) is 5.32 Å². The van der Waals surface area contributed by atoms with Gasteiger partial charge in [-0.25, -0.2) is 0 Å². The van der Waals surface area contributed by atoms with Gasteiger partial charge in [-0.2, -0.15) is 0 Å². The molecule has 0 amide bonds. The van der Waals surface area contributed by atoms with Crippen LogP contribution in [-0.4, -0.2) is 17.8 Å². The number of hydrogen-bond donors (Lipinski definition) is 2. The van der Waals surface area contributed by atoms with Crippen molar-refractivity contribution in [2.45, 2.75) is 32.8 Å². The summed E-state index contributed by atoms with van der Waals surface area (Å²) in [5.41, 5.74) is 0.848. The van der Waals surface area contributed by atoms with Gasteiger partial charge in [0, 0.05) is 7.05 Å². The lowest BCUT2D eigenvalue weighted by Crippen LogP contribution is -2.28. The van der Waals surface area contributed by atoms with Crippen LogP contribution in [0.2, 0.25) is 0 Å². The van der Waals surface area contributed by atoms with E-state index in [1.54, 1.807) is 6.92 Å². The minimum atomic E-state index is -0.877. The van der Waals surface area contributed by atoms with Crippen LogP contribution >= 0.6 is 0 Å². The van der Waals surface area contributed by atoms with Crippen LogP contribution in [0.5, 0.6) is 0 Å². The summed E-state index contributed by atoms with van der Waals surface area (Å²) in [5.74, 6) is 0. The fourth-order valence-corrected chi connectivity index (χ4v) is 1.04. The Bertz CT molecular complexity index is 192. The van der Waals surface area contributed by atoms with Gasteiger partial charge >= 0.3 is 0 Å². The van der Waals surface area contributed by atoms with Crippen molar-refractivity contribution in [3.63, 3.8) is 0 Å². The van der Waals surface area contributed by atoms with Crippen molar-refractivity contribution in [2.24, 2.45) is 0 Å². The summed E-state index contributed by atoms with van der Waals surface area (Å²) in [6.45, 7) is 9.37. The summed E-state index contributed by atoms with van der Waals surface area (Å²) in [6.07, 6.45) is 2.65. The maximum Gasteiger partial charge on any atom is 0.105 e. The van der Waals surface area contributed by atoms with Crippen LogP contribution in [0, 0.1) is 0 Å². The zero-order valence-electron chi connectivity index (χ0n) is 8.44. The Morgan fingerprint density at radius 1 is 1.67 bits per heavy atom. The third-order valence-electron chi connectivity index (χ3n) is 2.16. The maximum atomic E-state index is 9.97. The molecule has 0 spiro atoms. The smallest absolute Gasteiger partial charge is 0.105 e. The minimum absolute atomic E-state index is 0.769. The Kier molecular flexibility index (Phi) is 4.04. The van der Waals surface area contributed by atoms with E-state index >= 15 is 0 Å². The molecule has 2 nitrogen and oxygen atoms in total. The molecule has 12 heavy (non-hydrogen) atoms. The van der Waals surface area contributed by atoms with Crippen LogP contribution in [0.25, 0.3) is 0 Å². The highest BCUT2D eigenvalue weighted by molar-refractivity contribution is 5.27. The lowest BCUT2D eigenvalue weighted by atomic mass is 9.88. The normalized spacial score (nSPS) is 16.9. The van der Waals surface area contributed by atoms with E-state index in [1.165, 1.54) is 0 Å². The summed E-state index contributed by atoms with van der Waals surface area (Å²) in [7, 11) is 1.82. The molecule has 70 valence electrons. The molecule has 0 fully saturated rings. The molecule has 0 heterocycles. The van der Waals surface area contributed by atoms with Crippen molar-refractivity contribution in [2.75, 3.05) is 7.05 Å². The standard InChI is InChI=1S/C10H19NO/c1-6-9(7-11-5)10(4,12)8(2)3/h7,11-12H,2,6H2,1,3-5H3/b9-7+. The fourth-order valence-electron chi connectivity index (χ4n) is 1.04. The molecule has 1 atom stereocenters. The Morgan fingerprint density at radius 3 is 2.42 bits per heavy atom. The fraction of sp³-hybridized carbons (Fsp3) is 0.600. The summed E-state index contributed by atoms with van der Waals surface area (Å²) in [4.78, 5) is 0. The van der Waals surface area contributed by atoms with Crippen molar-refractivity contribution in [1.29, 1.82) is 0 Å². The van der Waals surface area contributed by atoms with E-state index in [0.717, 1.165) is 17.6 Å². The second-order valence-corrected chi connectivity index (χ2v) is 3.16.